The fourth-order valence-corrected chi connectivity index (χ4v) is 4.88. The lowest BCUT2D eigenvalue weighted by atomic mass is 9.66. The van der Waals surface area contributed by atoms with Crippen molar-refractivity contribution >= 4 is 34.8 Å². The van der Waals surface area contributed by atoms with Gasteiger partial charge in [-0.3, -0.25) is 9.59 Å². The van der Waals surface area contributed by atoms with Crippen LogP contribution in [0.2, 0.25) is 5.02 Å². The van der Waals surface area contributed by atoms with Gasteiger partial charge in [0.1, 0.15) is 5.41 Å². The highest BCUT2D eigenvalue weighted by Crippen LogP contribution is 2.51. The van der Waals surface area contributed by atoms with Crippen LogP contribution in [0.25, 0.3) is 0 Å². The van der Waals surface area contributed by atoms with Gasteiger partial charge in [0.2, 0.25) is 11.8 Å². The molecule has 1 saturated heterocycles. The normalized spacial score (nSPS) is 23.6. The lowest BCUT2D eigenvalue weighted by molar-refractivity contribution is -0.126. The number of amides is 2. The fourth-order valence-electron chi connectivity index (χ4n) is 4.69. The van der Waals surface area contributed by atoms with E-state index in [1.54, 1.807) is 17.0 Å². The van der Waals surface area contributed by atoms with Gasteiger partial charge in [-0.15, -0.1) is 0 Å². The summed E-state index contributed by atoms with van der Waals surface area (Å²) in [5.74, 6) is -0.0668. The number of piperidine rings is 1. The van der Waals surface area contributed by atoms with Gasteiger partial charge >= 0.3 is 0 Å². The standard InChI is InChI=1S/C23H23ClN2O2/c1-3-7-15(2)21-23(18-10-4-5-11-19(18)25-22(23)28)13-12-20(27)26(21)17-9-6-8-16(24)14-17/h4-6,8-11,14,21H,2-3,7,12-13H2,1H3,(H,25,28). The lowest BCUT2D eigenvalue weighted by Crippen LogP contribution is -2.61. The molecule has 2 heterocycles. The van der Waals surface area contributed by atoms with E-state index in [2.05, 4.69) is 18.8 Å². The predicted molar refractivity (Wildman–Crippen MR) is 113 cm³/mol. The van der Waals surface area contributed by atoms with Gasteiger partial charge in [0.05, 0.1) is 6.04 Å². The van der Waals surface area contributed by atoms with Gasteiger partial charge in [-0.2, -0.15) is 0 Å². The SMILES string of the molecule is C=C(CCC)C1N(c2cccc(Cl)c2)C(=O)CCC12C(=O)Nc1ccccc12. The zero-order valence-corrected chi connectivity index (χ0v) is 16.6. The number of nitrogens with one attached hydrogen (secondary N) is 1. The van der Waals surface area contributed by atoms with Crippen LogP contribution in [-0.4, -0.2) is 17.9 Å². The molecule has 4 nitrogen and oxygen atoms in total. The second kappa shape index (κ2) is 7.10. The van der Waals surface area contributed by atoms with E-state index in [-0.39, 0.29) is 11.8 Å². The van der Waals surface area contributed by atoms with Gasteiger partial charge in [-0.1, -0.05) is 61.4 Å². The fraction of sp³-hybridized carbons (Fsp3) is 0.304. The molecule has 2 atom stereocenters. The third kappa shape index (κ3) is 2.75. The lowest BCUT2D eigenvalue weighted by Gasteiger charge is -2.47. The maximum Gasteiger partial charge on any atom is 0.237 e. The Morgan fingerprint density at radius 2 is 2.04 bits per heavy atom. The summed E-state index contributed by atoms with van der Waals surface area (Å²) < 4.78 is 0. The average molecular weight is 395 g/mol. The second-order valence-electron chi connectivity index (χ2n) is 7.53. The van der Waals surface area contributed by atoms with Crippen LogP contribution in [0.5, 0.6) is 0 Å². The van der Waals surface area contributed by atoms with Crippen molar-refractivity contribution in [1.82, 2.24) is 0 Å². The van der Waals surface area contributed by atoms with Gasteiger partial charge in [-0.25, -0.2) is 0 Å². The molecule has 144 valence electrons. The Kier molecular flexibility index (Phi) is 4.76. The zero-order valence-electron chi connectivity index (χ0n) is 15.9. The molecule has 28 heavy (non-hydrogen) atoms. The molecule has 0 bridgehead atoms. The highest BCUT2D eigenvalue weighted by atomic mass is 35.5. The Hall–Kier alpha value is -2.59. The third-order valence-corrected chi connectivity index (χ3v) is 6.07. The van der Waals surface area contributed by atoms with Crippen LogP contribution < -0.4 is 10.2 Å². The molecule has 1 fully saturated rings. The maximum absolute atomic E-state index is 13.4. The number of anilines is 2. The van der Waals surface area contributed by atoms with Crippen LogP contribution in [-0.2, 0) is 15.0 Å². The number of halogens is 1. The number of benzene rings is 2. The van der Waals surface area contributed by atoms with Gasteiger partial charge in [0, 0.05) is 22.8 Å². The van der Waals surface area contributed by atoms with Crippen LogP contribution >= 0.6 is 11.6 Å². The summed E-state index contributed by atoms with van der Waals surface area (Å²) in [7, 11) is 0. The highest BCUT2D eigenvalue weighted by Gasteiger charge is 2.58. The Balaban J connectivity index is 1.93. The molecule has 1 spiro atoms. The maximum atomic E-state index is 13.4. The molecular formula is C23H23ClN2O2. The molecule has 5 heteroatoms. The molecule has 2 unspecified atom stereocenters. The molecule has 0 aliphatic carbocycles. The monoisotopic (exact) mass is 394 g/mol. The second-order valence-corrected chi connectivity index (χ2v) is 7.96. The largest absolute Gasteiger partial charge is 0.325 e. The van der Waals surface area contributed by atoms with Crippen molar-refractivity contribution in [3.63, 3.8) is 0 Å². The first-order valence-electron chi connectivity index (χ1n) is 9.65. The van der Waals surface area contributed by atoms with E-state index >= 15 is 0 Å². The molecule has 2 aromatic carbocycles. The van der Waals surface area contributed by atoms with Crippen molar-refractivity contribution in [3.05, 3.63) is 71.3 Å². The molecule has 2 aliphatic heterocycles. The van der Waals surface area contributed by atoms with E-state index in [4.69, 9.17) is 11.6 Å². The molecule has 1 N–H and O–H groups in total. The smallest absolute Gasteiger partial charge is 0.237 e. The zero-order chi connectivity index (χ0) is 19.9. The van der Waals surface area contributed by atoms with Crippen molar-refractivity contribution in [2.75, 3.05) is 10.2 Å². The van der Waals surface area contributed by atoms with E-state index in [9.17, 15) is 9.59 Å². The Labute approximate surface area is 170 Å². The van der Waals surface area contributed by atoms with Crippen molar-refractivity contribution in [2.45, 2.75) is 44.1 Å². The Morgan fingerprint density at radius 1 is 1.25 bits per heavy atom. The van der Waals surface area contributed by atoms with Gasteiger partial charge in [0.25, 0.3) is 0 Å². The molecule has 0 saturated carbocycles. The number of carbonyl (C=O) groups excluding carboxylic acids is 2. The first-order chi connectivity index (χ1) is 13.5. The summed E-state index contributed by atoms with van der Waals surface area (Å²) in [6.07, 6.45) is 2.40. The molecule has 0 radical (unpaired) electrons. The quantitative estimate of drug-likeness (QED) is 0.735. The summed E-state index contributed by atoms with van der Waals surface area (Å²) in [4.78, 5) is 28.2. The number of nitrogens with zero attached hydrogens (tertiary/aromatic N) is 1. The van der Waals surface area contributed by atoms with Crippen molar-refractivity contribution in [3.8, 4) is 0 Å². The van der Waals surface area contributed by atoms with Crippen LogP contribution in [0.3, 0.4) is 0 Å². The molecule has 2 amide bonds. The molecular weight excluding hydrogens is 372 g/mol. The van der Waals surface area contributed by atoms with Crippen molar-refractivity contribution < 1.29 is 9.59 Å². The minimum Gasteiger partial charge on any atom is -0.325 e. The van der Waals surface area contributed by atoms with E-state index < -0.39 is 11.5 Å². The highest BCUT2D eigenvalue weighted by molar-refractivity contribution is 6.31. The van der Waals surface area contributed by atoms with E-state index in [1.165, 1.54) is 0 Å². The number of fused-ring (bicyclic) bond motifs is 2. The minimum absolute atomic E-state index is 0.00711. The number of rotatable bonds is 4. The number of para-hydroxylation sites is 1. The van der Waals surface area contributed by atoms with Crippen LogP contribution in [0, 0.1) is 0 Å². The van der Waals surface area contributed by atoms with Crippen LogP contribution in [0.1, 0.15) is 38.2 Å². The number of hydrogen-bond acceptors (Lipinski definition) is 2. The molecule has 4 rings (SSSR count). The van der Waals surface area contributed by atoms with E-state index in [1.807, 2.05) is 36.4 Å². The van der Waals surface area contributed by atoms with Gasteiger partial charge in [-0.05, 0) is 42.7 Å². The first-order valence-corrected chi connectivity index (χ1v) is 10.0. The third-order valence-electron chi connectivity index (χ3n) is 5.83. The Bertz CT molecular complexity index is 971. The Morgan fingerprint density at radius 3 is 2.79 bits per heavy atom. The van der Waals surface area contributed by atoms with Gasteiger partial charge in [0.15, 0.2) is 0 Å². The topological polar surface area (TPSA) is 49.4 Å². The van der Waals surface area contributed by atoms with Gasteiger partial charge < -0.3 is 10.2 Å². The average Bonchev–Trinajstić information content (AvgIpc) is 2.95. The predicted octanol–water partition coefficient (Wildman–Crippen LogP) is 5.08. The number of hydrogen-bond donors (Lipinski definition) is 1. The van der Waals surface area contributed by atoms with E-state index in [0.29, 0.717) is 23.6 Å². The summed E-state index contributed by atoms with van der Waals surface area (Å²) in [6, 6.07) is 14.6. The summed E-state index contributed by atoms with van der Waals surface area (Å²) in [5, 5.41) is 3.60. The van der Waals surface area contributed by atoms with Crippen molar-refractivity contribution in [1.29, 1.82) is 0 Å². The van der Waals surface area contributed by atoms with Crippen molar-refractivity contribution in [2.24, 2.45) is 0 Å². The summed E-state index contributed by atoms with van der Waals surface area (Å²) >= 11 is 6.22. The molecule has 0 aromatic heterocycles. The minimum atomic E-state index is -0.834. The summed E-state index contributed by atoms with van der Waals surface area (Å²) in [5.41, 5.74) is 2.53. The summed E-state index contributed by atoms with van der Waals surface area (Å²) in [6.45, 7) is 6.40. The van der Waals surface area contributed by atoms with Crippen LogP contribution in [0.15, 0.2) is 60.7 Å². The van der Waals surface area contributed by atoms with Crippen LogP contribution in [0.4, 0.5) is 11.4 Å². The molecule has 2 aliphatic rings. The first kappa shape index (κ1) is 18.8. The van der Waals surface area contributed by atoms with E-state index in [0.717, 1.165) is 29.7 Å². The number of carbonyl (C=O) groups is 2. The molecule has 2 aromatic rings.